The molecule has 0 aromatic heterocycles. The molecule has 0 aliphatic rings. The van der Waals surface area contributed by atoms with Crippen LogP contribution in [0.3, 0.4) is 0 Å². The topological polar surface area (TPSA) is 41.8 Å². The van der Waals surface area contributed by atoms with E-state index in [1.165, 1.54) is 0 Å². The smallest absolute Gasteiger partial charge is 0.213 e. The molecule has 0 atom stereocenters. The molecule has 0 saturated carbocycles. The molecule has 0 N–H and O–H groups in total. The van der Waals surface area contributed by atoms with Gasteiger partial charge in [0.2, 0.25) is 5.78 Å². The highest BCUT2D eigenvalue weighted by Crippen LogP contribution is 2.14. The van der Waals surface area contributed by atoms with Gasteiger partial charge in [0.05, 0.1) is 6.21 Å². The molecule has 0 aliphatic heterocycles. The van der Waals surface area contributed by atoms with E-state index in [-0.39, 0.29) is 5.78 Å². The Morgan fingerprint density at radius 1 is 0.760 bits per heavy atom. The first-order valence-electron chi connectivity index (χ1n) is 7.76. The molecule has 0 fully saturated rings. The number of hydrogen-bond acceptors (Lipinski definition) is 3. The van der Waals surface area contributed by atoms with Crippen molar-refractivity contribution in [1.29, 1.82) is 0 Å². The quantitative estimate of drug-likeness (QED) is 0.337. The van der Waals surface area contributed by atoms with Crippen molar-refractivity contribution in [3.8, 4) is 0 Å². The molecule has 0 aliphatic carbocycles. The molecule has 0 heterocycles. The zero-order chi connectivity index (χ0) is 17.5. The van der Waals surface area contributed by atoms with E-state index in [4.69, 9.17) is 0 Å². The van der Waals surface area contributed by atoms with Crippen LogP contribution >= 0.6 is 15.9 Å². The summed E-state index contributed by atoms with van der Waals surface area (Å²) in [6.45, 7) is 0. The van der Waals surface area contributed by atoms with Crippen molar-refractivity contribution in [2.45, 2.75) is 0 Å². The highest BCUT2D eigenvalue weighted by atomic mass is 79.9. The van der Waals surface area contributed by atoms with Crippen LogP contribution < -0.4 is 0 Å². The Morgan fingerprint density at radius 2 is 1.32 bits per heavy atom. The number of Topliss-reactive ketones (excluding diaryl/α,β-unsaturated/α-hetero) is 1. The molecule has 0 saturated heterocycles. The van der Waals surface area contributed by atoms with Crippen LogP contribution in [0.1, 0.15) is 21.5 Å². The maximum absolute atomic E-state index is 12.8. The van der Waals surface area contributed by atoms with Gasteiger partial charge in [-0.2, -0.15) is 5.10 Å². The van der Waals surface area contributed by atoms with Crippen LogP contribution in [0.15, 0.2) is 99.6 Å². The van der Waals surface area contributed by atoms with Crippen molar-refractivity contribution in [3.63, 3.8) is 0 Å². The lowest BCUT2D eigenvalue weighted by Gasteiger charge is -2.04. The van der Waals surface area contributed by atoms with Crippen LogP contribution in [0.25, 0.3) is 0 Å². The largest absolute Gasteiger partial charge is 0.287 e. The minimum absolute atomic E-state index is 0.156. The van der Waals surface area contributed by atoms with Gasteiger partial charge in [0, 0.05) is 21.2 Å². The Morgan fingerprint density at radius 3 is 1.96 bits per heavy atom. The summed E-state index contributed by atoms with van der Waals surface area (Å²) in [5.41, 5.74) is 2.53. The van der Waals surface area contributed by atoms with Gasteiger partial charge < -0.3 is 0 Å². The number of rotatable bonds is 5. The number of halogens is 1. The summed E-state index contributed by atoms with van der Waals surface area (Å²) in [5.74, 6) is -0.156. The Hall–Kier alpha value is -2.85. The minimum atomic E-state index is -0.156. The van der Waals surface area contributed by atoms with E-state index in [0.29, 0.717) is 11.3 Å². The van der Waals surface area contributed by atoms with Gasteiger partial charge in [0.1, 0.15) is 5.71 Å². The molecule has 3 rings (SSSR count). The van der Waals surface area contributed by atoms with Crippen LogP contribution in [0.5, 0.6) is 0 Å². The van der Waals surface area contributed by atoms with Gasteiger partial charge >= 0.3 is 0 Å². The predicted octanol–water partition coefficient (Wildman–Crippen LogP) is 5.16. The first kappa shape index (κ1) is 17.0. The molecule has 3 nitrogen and oxygen atoms in total. The monoisotopic (exact) mass is 390 g/mol. The second-order valence-corrected chi connectivity index (χ2v) is 6.13. The number of carbonyl (C=O) groups is 1. The molecule has 0 unspecified atom stereocenters. The van der Waals surface area contributed by atoms with Crippen molar-refractivity contribution in [3.05, 3.63) is 106 Å². The Balaban J connectivity index is 1.97. The highest BCUT2D eigenvalue weighted by molar-refractivity contribution is 9.10. The maximum Gasteiger partial charge on any atom is 0.213 e. The Bertz CT molecular complexity index is 919. The summed E-state index contributed by atoms with van der Waals surface area (Å²) < 4.78 is 0.921. The number of benzene rings is 3. The molecular weight excluding hydrogens is 376 g/mol. The van der Waals surface area contributed by atoms with E-state index in [1.54, 1.807) is 18.3 Å². The maximum atomic E-state index is 12.8. The molecule has 4 heteroatoms. The van der Waals surface area contributed by atoms with Crippen LogP contribution in [-0.4, -0.2) is 17.7 Å². The Labute approximate surface area is 154 Å². The lowest BCUT2D eigenvalue weighted by molar-refractivity contribution is 0.106. The first-order valence-corrected chi connectivity index (χ1v) is 8.56. The summed E-state index contributed by atoms with van der Waals surface area (Å²) in [6.07, 6.45) is 1.63. The zero-order valence-electron chi connectivity index (χ0n) is 13.3. The Kier molecular flexibility index (Phi) is 5.65. The van der Waals surface area contributed by atoms with Crippen LogP contribution in [0, 0.1) is 0 Å². The second-order valence-electron chi connectivity index (χ2n) is 5.28. The number of hydrogen-bond donors (Lipinski definition) is 0. The average Bonchev–Trinajstić information content (AvgIpc) is 2.67. The molecule has 25 heavy (non-hydrogen) atoms. The summed E-state index contributed by atoms with van der Waals surface area (Å²) in [5, 5.41) is 8.36. The lowest BCUT2D eigenvalue weighted by Crippen LogP contribution is -2.15. The van der Waals surface area contributed by atoms with E-state index in [1.807, 2.05) is 72.8 Å². The van der Waals surface area contributed by atoms with Gasteiger partial charge in [0.15, 0.2) is 0 Å². The van der Waals surface area contributed by atoms with Crippen molar-refractivity contribution in [2.75, 3.05) is 0 Å². The predicted molar refractivity (Wildman–Crippen MR) is 105 cm³/mol. The van der Waals surface area contributed by atoms with E-state index in [0.717, 1.165) is 15.6 Å². The molecule has 3 aromatic rings. The molecule has 122 valence electrons. The van der Waals surface area contributed by atoms with E-state index < -0.39 is 0 Å². The average molecular weight is 391 g/mol. The minimum Gasteiger partial charge on any atom is -0.287 e. The van der Waals surface area contributed by atoms with Gasteiger partial charge in [0.25, 0.3) is 0 Å². The number of ketones is 1. The standard InChI is InChI=1S/C21H15BrN2O/c22-19-14-8-7-13-18(19)15-23-24-20(16-9-3-1-4-10-16)21(25)17-11-5-2-6-12-17/h1-15H/b23-15-,24-20-. The number of nitrogens with zero attached hydrogens (tertiary/aromatic N) is 2. The van der Waals surface area contributed by atoms with Crippen molar-refractivity contribution >= 4 is 33.6 Å². The van der Waals surface area contributed by atoms with Crippen molar-refractivity contribution in [2.24, 2.45) is 10.2 Å². The summed E-state index contributed by atoms with van der Waals surface area (Å²) >= 11 is 3.47. The van der Waals surface area contributed by atoms with Gasteiger partial charge in [-0.3, -0.25) is 4.79 Å². The third kappa shape index (κ3) is 4.37. The summed E-state index contributed by atoms with van der Waals surface area (Å²) in [4.78, 5) is 12.8. The van der Waals surface area contributed by atoms with Crippen LogP contribution in [0.2, 0.25) is 0 Å². The fraction of sp³-hybridized carbons (Fsp3) is 0. The van der Waals surface area contributed by atoms with Crippen LogP contribution in [-0.2, 0) is 0 Å². The second kappa shape index (κ2) is 8.31. The third-order valence-corrected chi connectivity index (χ3v) is 4.28. The van der Waals surface area contributed by atoms with Crippen molar-refractivity contribution < 1.29 is 4.79 Å². The van der Waals surface area contributed by atoms with Gasteiger partial charge in [-0.1, -0.05) is 94.8 Å². The molecular formula is C21H15BrN2O. The fourth-order valence-electron chi connectivity index (χ4n) is 2.29. The summed E-state index contributed by atoms with van der Waals surface area (Å²) in [7, 11) is 0. The SMILES string of the molecule is O=C(/C(=N\N=C/c1ccccc1Br)c1ccccc1)c1ccccc1. The fourth-order valence-corrected chi connectivity index (χ4v) is 2.67. The van der Waals surface area contributed by atoms with E-state index in [9.17, 15) is 4.79 Å². The summed E-state index contributed by atoms with van der Waals surface area (Å²) in [6, 6.07) is 26.2. The highest BCUT2D eigenvalue weighted by Gasteiger charge is 2.15. The molecule has 0 amide bonds. The first-order chi connectivity index (χ1) is 12.3. The zero-order valence-corrected chi connectivity index (χ0v) is 14.9. The van der Waals surface area contributed by atoms with E-state index >= 15 is 0 Å². The third-order valence-electron chi connectivity index (χ3n) is 3.56. The molecule has 0 spiro atoms. The molecule has 0 bridgehead atoms. The van der Waals surface area contributed by atoms with Gasteiger partial charge in [-0.15, -0.1) is 5.10 Å². The number of carbonyl (C=O) groups excluding carboxylic acids is 1. The van der Waals surface area contributed by atoms with E-state index in [2.05, 4.69) is 26.1 Å². The molecule has 3 aromatic carbocycles. The van der Waals surface area contributed by atoms with Crippen molar-refractivity contribution in [1.82, 2.24) is 0 Å². The normalized spacial score (nSPS) is 11.6. The van der Waals surface area contributed by atoms with Gasteiger partial charge in [-0.25, -0.2) is 0 Å². The lowest BCUT2D eigenvalue weighted by atomic mass is 10.0. The van der Waals surface area contributed by atoms with Gasteiger partial charge in [-0.05, 0) is 6.07 Å². The molecule has 0 radical (unpaired) electrons. The van der Waals surface area contributed by atoms with Crippen LogP contribution in [0.4, 0.5) is 0 Å².